The van der Waals surface area contributed by atoms with Crippen molar-refractivity contribution in [3.8, 4) is 0 Å². The number of hydrogen-bond acceptors (Lipinski definition) is 2. The van der Waals surface area contributed by atoms with E-state index in [2.05, 4.69) is 64.1 Å². The minimum absolute atomic E-state index is 0.0103. The molecule has 0 fully saturated rings. The molecule has 0 saturated heterocycles. The molecule has 8 rings (SSSR count). The van der Waals surface area contributed by atoms with Crippen LogP contribution in [-0.4, -0.2) is 9.38 Å². The molecule has 0 aliphatic heterocycles. The monoisotopic (exact) mass is 480 g/mol. The van der Waals surface area contributed by atoms with Crippen molar-refractivity contribution in [1.82, 2.24) is 9.38 Å². The Morgan fingerprint density at radius 2 is 1.16 bits per heavy atom. The smallest absolute Gasteiger partial charge is 0.264 e. The van der Waals surface area contributed by atoms with Crippen molar-refractivity contribution in [2.45, 2.75) is 41.5 Å². The quantitative estimate of drug-likeness (QED) is 0.161. The van der Waals surface area contributed by atoms with Crippen LogP contribution >= 0.6 is 0 Å². The van der Waals surface area contributed by atoms with Crippen molar-refractivity contribution in [3.63, 3.8) is 0 Å². The number of nitrogens with zero attached hydrogens (tertiary/aromatic N) is 2. The van der Waals surface area contributed by atoms with Crippen molar-refractivity contribution in [1.29, 1.82) is 0 Å². The lowest BCUT2D eigenvalue weighted by molar-refractivity contribution is 1.19. The van der Waals surface area contributed by atoms with E-state index in [4.69, 9.17) is 4.98 Å². The lowest BCUT2D eigenvalue weighted by Gasteiger charge is -2.22. The molecule has 0 spiro atoms. The molecule has 0 aliphatic carbocycles. The number of aryl methyl sites for hydroxylation is 4. The molecular weight excluding hydrogens is 452 g/mol. The summed E-state index contributed by atoms with van der Waals surface area (Å²) in [4.78, 5) is 19.0. The third-order valence-corrected chi connectivity index (χ3v) is 8.14. The van der Waals surface area contributed by atoms with E-state index >= 15 is 0 Å². The Morgan fingerprint density at radius 3 is 1.81 bits per heavy atom. The molecule has 2 aromatic heterocycles. The normalized spacial score (nSPS) is 12.2. The Bertz CT molecular complexity index is 2210. The lowest BCUT2D eigenvalue weighted by atomic mass is 9.82. The van der Waals surface area contributed by atoms with Crippen LogP contribution in [0.1, 0.15) is 36.1 Å². The van der Waals surface area contributed by atoms with Gasteiger partial charge in [-0.2, -0.15) is 0 Å². The predicted molar refractivity (Wildman–Crippen MR) is 159 cm³/mol. The first-order chi connectivity index (χ1) is 18.0. The van der Waals surface area contributed by atoms with Crippen LogP contribution in [0.15, 0.2) is 65.5 Å². The molecule has 6 aromatic carbocycles. The second-order valence-corrected chi connectivity index (χ2v) is 10.2. The molecule has 8 aromatic rings. The van der Waals surface area contributed by atoms with E-state index in [1.54, 1.807) is 0 Å². The van der Waals surface area contributed by atoms with Crippen molar-refractivity contribution >= 4 is 70.5 Å². The summed E-state index contributed by atoms with van der Waals surface area (Å²) in [5, 5.41) is 11.8. The van der Waals surface area contributed by atoms with Gasteiger partial charge in [-0.1, -0.05) is 50.2 Å². The zero-order valence-corrected chi connectivity index (χ0v) is 22.1. The second-order valence-electron chi connectivity index (χ2n) is 10.2. The van der Waals surface area contributed by atoms with Crippen LogP contribution < -0.4 is 5.56 Å². The molecule has 0 unspecified atom stereocenters. The maximum atomic E-state index is 14.0. The van der Waals surface area contributed by atoms with Gasteiger partial charge in [0.2, 0.25) is 0 Å². The van der Waals surface area contributed by atoms with Crippen molar-refractivity contribution in [3.05, 3.63) is 93.3 Å². The van der Waals surface area contributed by atoms with E-state index in [-0.39, 0.29) is 5.56 Å². The summed E-state index contributed by atoms with van der Waals surface area (Å²) in [5.74, 6) is 0. The van der Waals surface area contributed by atoms with Gasteiger partial charge in [-0.3, -0.25) is 9.20 Å². The van der Waals surface area contributed by atoms with Crippen LogP contribution in [0.3, 0.4) is 0 Å². The number of para-hydroxylation sites is 2. The summed E-state index contributed by atoms with van der Waals surface area (Å²) in [5.41, 5.74) is 7.38. The summed E-state index contributed by atoms with van der Waals surface area (Å²) in [6.07, 6.45) is 0. The SMILES string of the molecule is CC.Cc1ccc2ccc(C)c3c4c(C)cc5c6c(cc(C)c(c1c23)c46)c(=O)n1c2ccccc2nc51. The van der Waals surface area contributed by atoms with E-state index in [0.717, 1.165) is 38.4 Å². The van der Waals surface area contributed by atoms with Crippen LogP contribution in [-0.2, 0) is 0 Å². The van der Waals surface area contributed by atoms with Crippen LogP contribution in [0.5, 0.6) is 0 Å². The molecule has 3 nitrogen and oxygen atoms in total. The highest BCUT2D eigenvalue weighted by atomic mass is 16.1. The highest BCUT2D eigenvalue weighted by Crippen LogP contribution is 2.47. The van der Waals surface area contributed by atoms with Gasteiger partial charge in [-0.25, -0.2) is 4.98 Å². The molecule has 0 amide bonds. The summed E-state index contributed by atoms with van der Waals surface area (Å²) in [6, 6.07) is 21.2. The van der Waals surface area contributed by atoms with Gasteiger partial charge in [-0.15, -0.1) is 0 Å². The maximum Gasteiger partial charge on any atom is 0.264 e. The Morgan fingerprint density at radius 1 is 0.595 bits per heavy atom. The van der Waals surface area contributed by atoms with Crippen LogP contribution in [0.4, 0.5) is 0 Å². The fourth-order valence-corrected chi connectivity index (χ4v) is 6.70. The van der Waals surface area contributed by atoms with Crippen molar-refractivity contribution < 1.29 is 0 Å². The minimum atomic E-state index is 0.0103. The largest absolute Gasteiger partial charge is 0.268 e. The topological polar surface area (TPSA) is 34.4 Å². The van der Waals surface area contributed by atoms with Gasteiger partial charge in [0, 0.05) is 16.2 Å². The van der Waals surface area contributed by atoms with Gasteiger partial charge >= 0.3 is 0 Å². The number of fused-ring (bicyclic) bond motifs is 6. The zero-order chi connectivity index (χ0) is 25.7. The number of imidazole rings is 1. The molecule has 0 saturated carbocycles. The lowest BCUT2D eigenvalue weighted by Crippen LogP contribution is -2.14. The van der Waals surface area contributed by atoms with Crippen LogP contribution in [0, 0.1) is 27.7 Å². The summed E-state index contributed by atoms with van der Waals surface area (Å²) < 4.78 is 1.81. The Labute approximate surface area is 214 Å². The highest BCUT2D eigenvalue weighted by molar-refractivity contribution is 6.39. The summed E-state index contributed by atoms with van der Waals surface area (Å²) in [6.45, 7) is 12.8. The number of pyridine rings is 1. The maximum absolute atomic E-state index is 14.0. The first-order valence-corrected chi connectivity index (χ1v) is 13.1. The molecule has 2 heterocycles. The fraction of sp³-hybridized carbons (Fsp3) is 0.176. The second kappa shape index (κ2) is 7.39. The number of hydrogen-bond donors (Lipinski definition) is 0. The van der Waals surface area contributed by atoms with Gasteiger partial charge in [-0.05, 0) is 112 Å². The molecule has 0 aliphatic rings. The first kappa shape index (κ1) is 22.0. The Hall–Kier alpha value is -4.24. The highest BCUT2D eigenvalue weighted by Gasteiger charge is 2.24. The molecule has 0 atom stereocenters. The van der Waals surface area contributed by atoms with Crippen molar-refractivity contribution in [2.75, 3.05) is 0 Å². The van der Waals surface area contributed by atoms with Gasteiger partial charge in [0.1, 0.15) is 5.65 Å². The molecule has 180 valence electrons. The van der Waals surface area contributed by atoms with Crippen molar-refractivity contribution in [2.24, 2.45) is 0 Å². The van der Waals surface area contributed by atoms with Crippen LogP contribution in [0.2, 0.25) is 0 Å². The third-order valence-electron chi connectivity index (χ3n) is 8.14. The van der Waals surface area contributed by atoms with E-state index < -0.39 is 0 Å². The predicted octanol–water partition coefficient (Wildman–Crippen LogP) is 8.75. The van der Waals surface area contributed by atoms with E-state index in [1.165, 1.54) is 54.4 Å². The Kier molecular flexibility index (Phi) is 4.39. The zero-order valence-electron chi connectivity index (χ0n) is 22.1. The summed E-state index contributed by atoms with van der Waals surface area (Å²) >= 11 is 0. The summed E-state index contributed by atoms with van der Waals surface area (Å²) in [7, 11) is 0. The Balaban J connectivity index is 0.00000113. The molecule has 0 N–H and O–H groups in total. The van der Waals surface area contributed by atoms with Crippen LogP contribution in [0.25, 0.3) is 70.5 Å². The first-order valence-electron chi connectivity index (χ1n) is 13.1. The molecule has 0 bridgehead atoms. The number of rotatable bonds is 0. The van der Waals surface area contributed by atoms with Gasteiger partial charge in [0.25, 0.3) is 5.56 Å². The number of aromatic nitrogens is 2. The van der Waals surface area contributed by atoms with E-state index in [0.29, 0.717) is 0 Å². The van der Waals surface area contributed by atoms with Gasteiger partial charge in [0.15, 0.2) is 0 Å². The number of benzene rings is 6. The van der Waals surface area contributed by atoms with Gasteiger partial charge in [0.05, 0.1) is 11.0 Å². The molecular formula is C34H28N2O. The van der Waals surface area contributed by atoms with Gasteiger partial charge < -0.3 is 0 Å². The molecule has 37 heavy (non-hydrogen) atoms. The minimum Gasteiger partial charge on any atom is -0.268 e. The van der Waals surface area contributed by atoms with E-state index in [1.807, 2.05) is 42.5 Å². The van der Waals surface area contributed by atoms with E-state index in [9.17, 15) is 4.79 Å². The average Bonchev–Trinajstić information content (AvgIpc) is 3.30. The molecule has 0 radical (unpaired) electrons. The average molecular weight is 481 g/mol. The standard InChI is InChI=1S/C32H22N2O.C2H6/c1-15-9-11-19-12-10-16(2)25-27-18(4)14-21-29-20(13-17(3)26(30(27)29)24(15)28(19)25)31-33-22-7-5-6-8-23(22)34(31)32(21)35;1-2/h5-14H,1-4H3;1-2H3. The fourth-order valence-electron chi connectivity index (χ4n) is 6.70. The third kappa shape index (κ3) is 2.56. The molecule has 3 heteroatoms.